The van der Waals surface area contributed by atoms with E-state index in [1.807, 2.05) is 153 Å². The van der Waals surface area contributed by atoms with Crippen molar-refractivity contribution in [2.45, 2.75) is 104 Å². The van der Waals surface area contributed by atoms with E-state index in [1.54, 1.807) is 0 Å². The van der Waals surface area contributed by atoms with E-state index in [0.29, 0.717) is 23.9 Å². The van der Waals surface area contributed by atoms with Gasteiger partial charge in [-0.3, -0.25) is 0 Å². The molecule has 84 heavy (non-hydrogen) atoms. The van der Waals surface area contributed by atoms with E-state index in [1.165, 1.54) is 13.5 Å². The zero-order valence-corrected chi connectivity index (χ0v) is 60.2. The Morgan fingerprint density at radius 3 is 1.18 bits per heavy atom. The fraction of sp³-hybridized carbons (Fsp3) is 0.343. The summed E-state index contributed by atoms with van der Waals surface area (Å²) in [6.45, 7) is 13.3. The number of hydrogen-bond acceptors (Lipinski definition) is 13. The first kappa shape index (κ1) is 74.5. The van der Waals surface area contributed by atoms with E-state index in [0.717, 1.165) is 137 Å². The van der Waals surface area contributed by atoms with Crippen LogP contribution in [0.25, 0.3) is 21.5 Å². The summed E-state index contributed by atoms with van der Waals surface area (Å²) >= 11 is 0. The molecule has 1 heterocycles. The molecule has 0 bridgehead atoms. The number of ether oxygens (including phenoxy) is 3. The van der Waals surface area contributed by atoms with Crippen LogP contribution in [0.1, 0.15) is 88.8 Å². The Balaban J connectivity index is 0.000000783. The van der Waals surface area contributed by atoms with Crippen LogP contribution in [0.5, 0.6) is 11.5 Å². The van der Waals surface area contributed by atoms with Gasteiger partial charge in [0.05, 0.1) is 59.0 Å². The minimum atomic E-state index is 0. The van der Waals surface area contributed by atoms with Crippen molar-refractivity contribution in [3.8, 4) is 11.5 Å². The van der Waals surface area contributed by atoms with Crippen molar-refractivity contribution < 1.29 is 120 Å². The van der Waals surface area contributed by atoms with Crippen LogP contribution < -0.4 is 123 Å². The maximum atomic E-state index is 6.59. The maximum absolute atomic E-state index is 6.59. The third-order valence-electron chi connectivity index (χ3n) is 13.9. The normalized spacial score (nSPS) is 14.4. The van der Waals surface area contributed by atoms with Crippen molar-refractivity contribution in [2.75, 3.05) is 27.2 Å². The van der Waals surface area contributed by atoms with Crippen LogP contribution in [0.4, 0.5) is 45.5 Å². The van der Waals surface area contributed by atoms with Gasteiger partial charge in [0.15, 0.2) is 0 Å². The summed E-state index contributed by atoms with van der Waals surface area (Å²) in [6.07, 6.45) is 9.27. The van der Waals surface area contributed by atoms with E-state index < -0.39 is 0 Å². The predicted octanol–water partition coefficient (Wildman–Crippen LogP) is 14.4. The van der Waals surface area contributed by atoms with Gasteiger partial charge in [0, 0.05) is 10.8 Å². The topological polar surface area (TPSA) is 168 Å². The van der Waals surface area contributed by atoms with Crippen LogP contribution in [0.3, 0.4) is 0 Å². The zero-order valence-electron chi connectivity index (χ0n) is 53.1. The zero-order chi connectivity index (χ0) is 56.3. The molecule has 1 saturated heterocycles. The fourth-order valence-electron chi connectivity index (χ4n) is 9.47. The van der Waals surface area contributed by atoms with Crippen molar-refractivity contribution in [2.24, 2.45) is 64.4 Å². The maximum Gasteiger partial charge on any atom is 1.00 e. The number of fused-ring (bicyclic) bond motifs is 2. The van der Waals surface area contributed by atoms with E-state index in [2.05, 4.69) is 118 Å². The average Bonchev–Trinajstić information content (AvgIpc) is 4.13. The van der Waals surface area contributed by atoms with Crippen LogP contribution in [-0.2, 0) is 4.74 Å². The van der Waals surface area contributed by atoms with Gasteiger partial charge in [-0.15, -0.1) is 10.2 Å². The first-order chi connectivity index (χ1) is 39.2. The first-order valence-electron chi connectivity index (χ1n) is 28.4. The van der Waals surface area contributed by atoms with E-state index in [4.69, 9.17) is 19.3 Å². The van der Waals surface area contributed by atoms with Crippen LogP contribution in [0, 0.1) is 17.8 Å². The molecule has 1 aliphatic rings. The van der Waals surface area contributed by atoms with Gasteiger partial charge in [0.25, 0.3) is 0 Å². The number of nitrogens with two attached hydrogens (primary N) is 1. The molecule has 8 aromatic rings. The van der Waals surface area contributed by atoms with Crippen molar-refractivity contribution in [3.63, 3.8) is 0 Å². The molecule has 1 fully saturated rings. The van der Waals surface area contributed by atoms with Gasteiger partial charge < -0.3 is 28.1 Å². The molecule has 3 N–H and O–H groups in total. The van der Waals surface area contributed by atoms with Crippen molar-refractivity contribution >= 4 is 86.8 Å². The molecule has 0 saturated carbocycles. The summed E-state index contributed by atoms with van der Waals surface area (Å²) in [6, 6.07) is 59.3. The smallest absolute Gasteiger partial charge is 1.00 e. The van der Waals surface area contributed by atoms with Crippen LogP contribution in [-0.4, -0.2) is 45.6 Å². The third kappa shape index (κ3) is 25.2. The van der Waals surface area contributed by atoms with Crippen LogP contribution in [0.2, 0.25) is 0 Å². The van der Waals surface area contributed by atoms with Gasteiger partial charge in [-0.05, 0) is 185 Å². The van der Waals surface area contributed by atoms with Crippen molar-refractivity contribution in [3.05, 3.63) is 182 Å². The summed E-state index contributed by atoms with van der Waals surface area (Å²) in [5.41, 5.74) is 10.7. The SMILES string of the molecule is CCC(CCC(C)CC(C)CNC)Oc1ccc2ccccc2c1N=Nc1ccc(N=Nc2ccccc2)cc1.CCC(CCC(C)CC1CO1)Oc1ccc2ccccc2c1N=Nc1ccc(N=Nc2ccccc2)cc1.CN.P.P.[H-].[H-].[K+].[K+]. The standard InChI is InChI=1S/C34H41N5O.C32H34N4O2.CH5N.2K.2H3P.2H/c1-5-31(21-15-25(2)23-26(3)24-35-4)40-33-22-16-27-11-9-10-14-32(27)34(33)39-38-30-19-17-29(18-20-30)37-36-28-12-7-6-8-13-28;1-3-28(19-13-23(2)21-29-22-37-29)38-31-20-14-24-9-7-8-12-30(24)32(31)36-35-27-17-15-26(16-18-27)34-33-25-10-5-4-6-11-25;1-2;;;;;;/h6-14,16-20,22,25-26,31,35H,5,15,21,23-24H2,1-4H3;4-12,14-18,20,23,28-29H,3,13,19,21-22H2,1-2H3;2H2,1H3;;;2*1H3;;/q;;;2*+1;;;2*-1. The number of rotatable bonds is 26. The van der Waals surface area contributed by atoms with Crippen molar-refractivity contribution in [1.82, 2.24) is 5.32 Å². The van der Waals surface area contributed by atoms with Gasteiger partial charge in [-0.1, -0.05) is 132 Å². The van der Waals surface area contributed by atoms with E-state index in [-0.39, 0.29) is 138 Å². The minimum Gasteiger partial charge on any atom is -1.00 e. The van der Waals surface area contributed by atoms with Gasteiger partial charge in [0.1, 0.15) is 22.9 Å². The molecular formula is C67H88K2N10O3P2. The quantitative estimate of drug-likeness (QED) is 0.0238. The van der Waals surface area contributed by atoms with Gasteiger partial charge in [-0.25, -0.2) is 0 Å². The molecule has 8 aromatic carbocycles. The number of hydrogen-bond donors (Lipinski definition) is 2. The largest absolute Gasteiger partial charge is 1.00 e. The Bertz CT molecular complexity index is 3240. The summed E-state index contributed by atoms with van der Waals surface area (Å²) in [7, 11) is 3.52. The molecule has 436 valence electrons. The monoisotopic (exact) mass is 1220 g/mol. The van der Waals surface area contributed by atoms with E-state index >= 15 is 0 Å². The van der Waals surface area contributed by atoms with Crippen LogP contribution >= 0.6 is 19.8 Å². The molecule has 0 spiro atoms. The minimum absolute atomic E-state index is 0. The summed E-state index contributed by atoms with van der Waals surface area (Å²) in [5, 5.41) is 43.3. The predicted molar refractivity (Wildman–Crippen MR) is 353 cm³/mol. The Kier molecular flexibility index (Phi) is 36.8. The van der Waals surface area contributed by atoms with Gasteiger partial charge >= 0.3 is 103 Å². The molecule has 0 amide bonds. The Morgan fingerprint density at radius 2 is 0.810 bits per heavy atom. The molecule has 0 radical (unpaired) electrons. The molecule has 8 unspecified atom stereocenters. The molecule has 13 nitrogen and oxygen atoms in total. The molecule has 17 heteroatoms. The second-order valence-corrected chi connectivity index (χ2v) is 20.5. The molecular weight excluding hydrogens is 1130 g/mol. The number of epoxide rings is 1. The average molecular weight is 1220 g/mol. The number of nitrogens with one attached hydrogen (secondary N) is 1. The van der Waals surface area contributed by atoms with Gasteiger partial charge in [-0.2, -0.15) is 50.5 Å². The molecule has 1 aliphatic heterocycles. The molecule has 8 atom stereocenters. The first-order valence-corrected chi connectivity index (χ1v) is 28.4. The fourth-order valence-corrected chi connectivity index (χ4v) is 9.47. The Labute approximate surface area is 594 Å². The van der Waals surface area contributed by atoms with Crippen LogP contribution in [0.15, 0.2) is 223 Å². The Morgan fingerprint density at radius 1 is 0.464 bits per heavy atom. The molecule has 9 rings (SSSR count). The number of nitrogens with zero attached hydrogens (tertiary/aromatic N) is 8. The second kappa shape index (κ2) is 41.4. The van der Waals surface area contributed by atoms with Gasteiger partial charge in [0.2, 0.25) is 0 Å². The molecule has 0 aliphatic carbocycles. The summed E-state index contributed by atoms with van der Waals surface area (Å²) in [5.74, 6) is 3.51. The second-order valence-electron chi connectivity index (χ2n) is 20.5. The number of azo groups is 4. The summed E-state index contributed by atoms with van der Waals surface area (Å²) < 4.78 is 18.5. The van der Waals surface area contributed by atoms with E-state index in [9.17, 15) is 0 Å². The molecule has 0 aromatic heterocycles. The summed E-state index contributed by atoms with van der Waals surface area (Å²) in [4.78, 5) is 0. The van der Waals surface area contributed by atoms with Crippen molar-refractivity contribution in [1.29, 1.82) is 0 Å². The third-order valence-corrected chi connectivity index (χ3v) is 13.9. The number of benzene rings is 8. The Hall–Kier alpha value is -3.71.